The van der Waals surface area contributed by atoms with Gasteiger partial charge in [0.1, 0.15) is 40.9 Å². The Morgan fingerprint density at radius 2 is 1.82 bits per heavy atom. The average Bonchev–Trinajstić information content (AvgIpc) is 3.73. The average molecular weight is 872 g/mol. The number of hydrogen-bond donors (Lipinski definition) is 3. The van der Waals surface area contributed by atoms with Gasteiger partial charge in [-0.25, -0.2) is 18.2 Å². The lowest BCUT2D eigenvalue weighted by molar-refractivity contribution is -0.141. The molecule has 9 rings (SSSR count). The van der Waals surface area contributed by atoms with Gasteiger partial charge in [0.15, 0.2) is 11.3 Å². The van der Waals surface area contributed by atoms with E-state index in [4.69, 9.17) is 18.9 Å². The Balaban J connectivity index is 1.05. The van der Waals surface area contributed by atoms with E-state index in [2.05, 4.69) is 28.3 Å². The lowest BCUT2D eigenvalue weighted by Crippen LogP contribution is -2.58. The van der Waals surface area contributed by atoms with Gasteiger partial charge in [0.25, 0.3) is 5.91 Å². The van der Waals surface area contributed by atoms with Gasteiger partial charge in [-0.15, -0.1) is 11.3 Å². The first-order valence-electron chi connectivity index (χ1n) is 21.8. The highest BCUT2D eigenvalue weighted by Crippen LogP contribution is 2.48. The van der Waals surface area contributed by atoms with Crippen molar-refractivity contribution in [1.82, 2.24) is 25.2 Å². The quantitative estimate of drug-likeness (QED) is 0.147. The number of ether oxygens (including phenoxy) is 2. The number of aromatic nitrogens is 1. The summed E-state index contributed by atoms with van der Waals surface area (Å²) in [7, 11) is -4.00. The first-order valence-corrected chi connectivity index (χ1v) is 24.1. The van der Waals surface area contributed by atoms with Crippen molar-refractivity contribution in [3.8, 4) is 16.3 Å². The summed E-state index contributed by atoms with van der Waals surface area (Å²) in [5, 5.41) is 6.61. The van der Waals surface area contributed by atoms with Gasteiger partial charge in [0.05, 0.1) is 21.9 Å². The van der Waals surface area contributed by atoms with Crippen LogP contribution in [-0.4, -0.2) is 83.2 Å². The lowest BCUT2D eigenvalue weighted by atomic mass is 10.0. The van der Waals surface area contributed by atoms with Crippen LogP contribution in [0.25, 0.3) is 32.6 Å². The Labute approximate surface area is 359 Å². The van der Waals surface area contributed by atoms with Gasteiger partial charge >= 0.3 is 6.09 Å². The molecule has 16 heteroatoms. The fraction of sp³-hybridized carbons (Fsp3) is 0.533. The van der Waals surface area contributed by atoms with Crippen molar-refractivity contribution in [3.63, 3.8) is 0 Å². The minimum Gasteiger partial charge on any atom is -0.484 e. The number of hydrogen-bond acceptors (Lipinski definition) is 11. The fourth-order valence-corrected chi connectivity index (χ4v) is 11.3. The zero-order valence-electron chi connectivity index (χ0n) is 34.6. The highest BCUT2D eigenvalue weighted by molar-refractivity contribution is 7.91. The number of amides is 4. The third-order valence-electron chi connectivity index (χ3n) is 13.2. The number of thiophene rings is 1. The number of sulfonamides is 1. The number of nitrogens with zero attached hydrogens (tertiary/aromatic N) is 2. The van der Waals surface area contributed by atoms with Crippen LogP contribution in [-0.2, 0) is 35.6 Å². The summed E-state index contributed by atoms with van der Waals surface area (Å²) in [5.74, 6) is -1.91. The Morgan fingerprint density at radius 1 is 1.03 bits per heavy atom. The van der Waals surface area contributed by atoms with Crippen molar-refractivity contribution in [2.45, 2.75) is 138 Å². The van der Waals surface area contributed by atoms with E-state index in [0.29, 0.717) is 60.2 Å². The van der Waals surface area contributed by atoms with E-state index in [9.17, 15) is 27.6 Å². The normalized spacial score (nSPS) is 27.3. The lowest BCUT2D eigenvalue weighted by Gasteiger charge is -2.30. The number of aryl methyl sites for hydroxylation is 1. The second-order valence-corrected chi connectivity index (χ2v) is 21.0. The molecular formula is C45H53N5O9S2. The molecule has 3 N–H and O–H groups in total. The Kier molecular flexibility index (Phi) is 11.1. The molecule has 324 valence electrons. The second kappa shape index (κ2) is 16.4. The molecule has 5 heterocycles. The Bertz CT molecular complexity index is 2500. The van der Waals surface area contributed by atoms with E-state index in [1.807, 2.05) is 48.6 Å². The summed E-state index contributed by atoms with van der Waals surface area (Å²) in [6.07, 6.45) is 11.0. The summed E-state index contributed by atoms with van der Waals surface area (Å²) >= 11 is 1.64. The zero-order chi connectivity index (χ0) is 42.5. The molecule has 4 amide bonds. The first kappa shape index (κ1) is 41.4. The predicted octanol–water partition coefficient (Wildman–Crippen LogP) is 7.05. The van der Waals surface area contributed by atoms with Gasteiger partial charge < -0.3 is 29.4 Å². The third-order valence-corrected chi connectivity index (χ3v) is 16.6. The summed E-state index contributed by atoms with van der Waals surface area (Å²) in [5.41, 5.74) is 0.855. The summed E-state index contributed by atoms with van der Waals surface area (Å²) in [4.78, 5) is 65.4. The van der Waals surface area contributed by atoms with E-state index in [0.717, 1.165) is 55.2 Å². The molecule has 4 aromatic rings. The molecule has 3 saturated carbocycles. The predicted molar refractivity (Wildman–Crippen MR) is 230 cm³/mol. The van der Waals surface area contributed by atoms with E-state index in [-0.39, 0.29) is 25.5 Å². The van der Waals surface area contributed by atoms with E-state index in [1.54, 1.807) is 18.3 Å². The maximum Gasteiger partial charge on any atom is 0.408 e. The number of carbonyl (C=O) groups excluding carboxylic acids is 4. The number of carbonyl (C=O) groups is 4. The number of alkyl carbamates (subject to hydrolysis) is 1. The van der Waals surface area contributed by atoms with Crippen LogP contribution in [0.2, 0.25) is 0 Å². The molecule has 14 nitrogen and oxygen atoms in total. The van der Waals surface area contributed by atoms with E-state index < -0.39 is 68.2 Å². The third kappa shape index (κ3) is 8.25. The number of furan rings is 1. The molecule has 3 aliphatic carbocycles. The van der Waals surface area contributed by atoms with Crippen molar-refractivity contribution in [2.24, 2.45) is 5.92 Å². The van der Waals surface area contributed by atoms with Gasteiger partial charge in [0.2, 0.25) is 21.8 Å². The van der Waals surface area contributed by atoms with Crippen molar-refractivity contribution in [3.05, 3.63) is 59.5 Å². The van der Waals surface area contributed by atoms with Crippen LogP contribution in [0.3, 0.4) is 0 Å². The topological polar surface area (TPSA) is 186 Å². The highest BCUT2D eigenvalue weighted by atomic mass is 32.2. The molecule has 0 radical (unpaired) electrons. The molecule has 1 aromatic carbocycles. The number of para-hydroxylation sites is 1. The number of nitrogens with one attached hydrogen (secondary N) is 3. The van der Waals surface area contributed by atoms with Crippen LogP contribution in [0.5, 0.6) is 5.75 Å². The SMILES string of the molecule is CCc1ccc(-c2cc(O[C@@H]3C[C@H]4C(=O)N[C@]5(C(=O)NS(=O)(=O)C6(C)CC6)C[C@@H]5/C=C\CCCCC[C@H](NC(=O)OC5CCCC5)C(=O)N4C3)c3oc4ccccc4c3n2)s1. The van der Waals surface area contributed by atoms with Crippen LogP contribution in [0.1, 0.15) is 102 Å². The maximum absolute atomic E-state index is 14.8. The fourth-order valence-electron chi connectivity index (χ4n) is 9.03. The molecule has 2 aliphatic heterocycles. The summed E-state index contributed by atoms with van der Waals surface area (Å²) < 4.78 is 46.7. The largest absolute Gasteiger partial charge is 0.484 e. The molecule has 0 unspecified atom stereocenters. The van der Waals surface area contributed by atoms with Crippen LogP contribution in [0, 0.1) is 5.92 Å². The van der Waals surface area contributed by atoms with Gasteiger partial charge in [-0.2, -0.15) is 0 Å². The highest BCUT2D eigenvalue weighted by Gasteiger charge is 2.63. The minimum atomic E-state index is -4.00. The van der Waals surface area contributed by atoms with Gasteiger partial charge in [-0.05, 0) is 102 Å². The Hall–Kier alpha value is -4.96. The molecule has 5 atom stereocenters. The number of rotatable bonds is 9. The van der Waals surface area contributed by atoms with Crippen LogP contribution in [0.4, 0.5) is 4.79 Å². The van der Waals surface area contributed by atoms with Crippen LogP contribution in [0.15, 0.2) is 59.0 Å². The molecule has 4 fully saturated rings. The molecule has 1 saturated heterocycles. The molecule has 0 spiro atoms. The molecular weight excluding hydrogens is 819 g/mol. The second-order valence-electron chi connectivity index (χ2n) is 17.6. The minimum absolute atomic E-state index is 0.0135. The smallest absolute Gasteiger partial charge is 0.408 e. The summed E-state index contributed by atoms with van der Waals surface area (Å²) in [6, 6.07) is 11.4. The maximum atomic E-state index is 14.8. The molecule has 3 aromatic heterocycles. The van der Waals surface area contributed by atoms with Gasteiger partial charge in [-0.3, -0.25) is 19.1 Å². The van der Waals surface area contributed by atoms with Gasteiger partial charge in [0, 0.05) is 28.7 Å². The van der Waals surface area contributed by atoms with Crippen molar-refractivity contribution in [1.29, 1.82) is 0 Å². The molecule has 61 heavy (non-hydrogen) atoms. The number of allylic oxidation sites excluding steroid dienone is 1. The standard InChI is InChI=1S/C45H53N5O9S2/c1-3-30-19-20-37(60-30)33-24-36(39-38(46-33)31-16-11-12-18-35(31)59-39)57-29-23-34-40(51)48-45(42(53)49-61(55,56)44(2)21-22-44)25-27(45)13-7-5-4-6-8-17-32(41(52)50(34)26-29)47-43(54)58-28-14-9-10-15-28/h7,11-13,16,18-20,24,27-29,32,34H,3-6,8-10,14-15,17,21-23,25-26H2,1-2H3,(H,47,54)(H,48,51)(H,49,53)/b13-7-/t27-,29+,32-,34-,45+/m0/s1. The van der Waals surface area contributed by atoms with Crippen LogP contribution < -0.4 is 20.1 Å². The first-order chi connectivity index (χ1) is 29.4. The van der Waals surface area contributed by atoms with E-state index >= 15 is 0 Å². The van der Waals surface area contributed by atoms with Crippen molar-refractivity contribution < 1.29 is 41.5 Å². The number of fused-ring (bicyclic) bond motifs is 5. The van der Waals surface area contributed by atoms with Crippen molar-refractivity contribution in [2.75, 3.05) is 6.54 Å². The monoisotopic (exact) mass is 871 g/mol. The molecule has 5 aliphatic rings. The zero-order valence-corrected chi connectivity index (χ0v) is 36.2. The summed E-state index contributed by atoms with van der Waals surface area (Å²) in [6.45, 7) is 3.69. The molecule has 0 bridgehead atoms. The van der Waals surface area contributed by atoms with Crippen molar-refractivity contribution >= 4 is 67.2 Å². The van der Waals surface area contributed by atoms with Crippen LogP contribution >= 0.6 is 11.3 Å². The van der Waals surface area contributed by atoms with Gasteiger partial charge in [-0.1, -0.05) is 44.1 Å². The Morgan fingerprint density at radius 3 is 2.59 bits per heavy atom. The number of pyridine rings is 1. The van der Waals surface area contributed by atoms with E-state index in [1.165, 1.54) is 9.78 Å². The number of benzene rings is 1.